The summed E-state index contributed by atoms with van der Waals surface area (Å²) in [6, 6.07) is 23.2. The fraction of sp³-hybridized carbons (Fsp3) is 0.238. The molecule has 0 unspecified atom stereocenters. The summed E-state index contributed by atoms with van der Waals surface area (Å²) >= 11 is 1.77. The predicted octanol–water partition coefficient (Wildman–Crippen LogP) is 3.78. The Morgan fingerprint density at radius 2 is 1.36 bits per heavy atom. The first kappa shape index (κ1) is 18.0. The molecule has 0 aliphatic heterocycles. The van der Waals surface area contributed by atoms with Gasteiger partial charge in [0.2, 0.25) is 0 Å². The molecule has 130 valence electrons. The molecule has 0 saturated heterocycles. The maximum Gasteiger partial charge on any atom is 0.0558 e. The molecule has 0 fully saturated rings. The molecular formula is C21H23NO2S. The van der Waals surface area contributed by atoms with E-state index in [0.29, 0.717) is 13.1 Å². The Hall–Kier alpha value is -1.85. The van der Waals surface area contributed by atoms with E-state index in [2.05, 4.69) is 65.6 Å². The summed E-state index contributed by atoms with van der Waals surface area (Å²) in [6.07, 6.45) is 0. The van der Waals surface area contributed by atoms with E-state index < -0.39 is 0 Å². The minimum Gasteiger partial charge on any atom is -0.395 e. The van der Waals surface area contributed by atoms with E-state index >= 15 is 0 Å². The van der Waals surface area contributed by atoms with Gasteiger partial charge >= 0.3 is 0 Å². The standard InChI is InChI=1S/C21H23NO2S/c23-14-12-22(13-15-24)16-18-7-2-4-10-20(18)25-21-11-5-8-17-6-1-3-9-19(17)21/h1-11,23-24H,12-16H2. The maximum absolute atomic E-state index is 9.24. The topological polar surface area (TPSA) is 43.7 Å². The first-order valence-electron chi connectivity index (χ1n) is 8.49. The van der Waals surface area contributed by atoms with Gasteiger partial charge in [-0.25, -0.2) is 0 Å². The van der Waals surface area contributed by atoms with Gasteiger partial charge in [0.15, 0.2) is 0 Å². The summed E-state index contributed by atoms with van der Waals surface area (Å²) in [5.74, 6) is 0. The normalized spacial score (nSPS) is 11.3. The van der Waals surface area contributed by atoms with E-state index in [-0.39, 0.29) is 13.2 Å². The highest BCUT2D eigenvalue weighted by molar-refractivity contribution is 7.99. The molecule has 3 nitrogen and oxygen atoms in total. The first-order valence-corrected chi connectivity index (χ1v) is 9.31. The largest absolute Gasteiger partial charge is 0.395 e. The van der Waals surface area contributed by atoms with E-state index in [0.717, 1.165) is 6.54 Å². The van der Waals surface area contributed by atoms with Gasteiger partial charge in [0, 0.05) is 29.4 Å². The van der Waals surface area contributed by atoms with Crippen molar-refractivity contribution in [2.24, 2.45) is 0 Å². The highest BCUT2D eigenvalue weighted by Crippen LogP contribution is 2.35. The number of rotatable bonds is 8. The second kappa shape index (κ2) is 9.02. The molecule has 0 aliphatic carbocycles. The zero-order valence-electron chi connectivity index (χ0n) is 14.1. The molecule has 0 saturated carbocycles. The van der Waals surface area contributed by atoms with Crippen LogP contribution in [0.25, 0.3) is 10.8 Å². The highest BCUT2D eigenvalue weighted by atomic mass is 32.2. The molecule has 3 aromatic rings. The average molecular weight is 353 g/mol. The zero-order valence-corrected chi connectivity index (χ0v) is 15.0. The van der Waals surface area contributed by atoms with Gasteiger partial charge in [-0.1, -0.05) is 66.4 Å². The van der Waals surface area contributed by atoms with Crippen LogP contribution in [0.4, 0.5) is 0 Å². The lowest BCUT2D eigenvalue weighted by atomic mass is 10.1. The molecule has 3 rings (SSSR count). The Morgan fingerprint density at radius 3 is 2.16 bits per heavy atom. The van der Waals surface area contributed by atoms with Gasteiger partial charge < -0.3 is 10.2 Å². The lowest BCUT2D eigenvalue weighted by Crippen LogP contribution is -2.29. The van der Waals surface area contributed by atoms with Gasteiger partial charge in [0.25, 0.3) is 0 Å². The van der Waals surface area contributed by atoms with Crippen molar-refractivity contribution >= 4 is 22.5 Å². The second-order valence-electron chi connectivity index (χ2n) is 5.91. The van der Waals surface area contributed by atoms with Crippen molar-refractivity contribution in [1.29, 1.82) is 0 Å². The molecule has 2 N–H and O–H groups in total. The van der Waals surface area contributed by atoms with Crippen molar-refractivity contribution in [3.05, 3.63) is 72.3 Å². The van der Waals surface area contributed by atoms with Crippen LogP contribution in [-0.2, 0) is 6.54 Å². The molecule has 0 atom stereocenters. The van der Waals surface area contributed by atoms with Crippen LogP contribution in [-0.4, -0.2) is 41.4 Å². The highest BCUT2D eigenvalue weighted by Gasteiger charge is 2.10. The SMILES string of the molecule is OCCN(CCO)Cc1ccccc1Sc1cccc2ccccc12. The van der Waals surface area contributed by atoms with Gasteiger partial charge in [0.1, 0.15) is 0 Å². The van der Waals surface area contributed by atoms with Crippen LogP contribution in [0.1, 0.15) is 5.56 Å². The number of aliphatic hydroxyl groups excluding tert-OH is 2. The Bertz CT molecular complexity index is 810. The van der Waals surface area contributed by atoms with Crippen LogP contribution in [0.5, 0.6) is 0 Å². The van der Waals surface area contributed by atoms with Gasteiger partial charge in [-0.05, 0) is 28.5 Å². The first-order chi connectivity index (χ1) is 12.3. The number of hydrogen-bond acceptors (Lipinski definition) is 4. The number of fused-ring (bicyclic) bond motifs is 1. The third kappa shape index (κ3) is 4.61. The van der Waals surface area contributed by atoms with Crippen LogP contribution in [0.15, 0.2) is 76.5 Å². The van der Waals surface area contributed by atoms with Crippen LogP contribution in [0, 0.1) is 0 Å². The molecule has 0 spiro atoms. The molecule has 0 amide bonds. The summed E-state index contributed by atoms with van der Waals surface area (Å²) in [4.78, 5) is 4.52. The van der Waals surface area contributed by atoms with Crippen molar-refractivity contribution in [3.8, 4) is 0 Å². The van der Waals surface area contributed by atoms with E-state index in [9.17, 15) is 10.2 Å². The van der Waals surface area contributed by atoms with Crippen LogP contribution in [0.3, 0.4) is 0 Å². The van der Waals surface area contributed by atoms with Crippen molar-refractivity contribution < 1.29 is 10.2 Å². The fourth-order valence-corrected chi connectivity index (χ4v) is 4.02. The fourth-order valence-electron chi connectivity index (χ4n) is 2.93. The molecular weight excluding hydrogens is 330 g/mol. The number of nitrogens with zero attached hydrogens (tertiary/aromatic N) is 1. The van der Waals surface area contributed by atoms with Crippen LogP contribution >= 0.6 is 11.8 Å². The Morgan fingerprint density at radius 1 is 0.720 bits per heavy atom. The molecule has 25 heavy (non-hydrogen) atoms. The minimum absolute atomic E-state index is 0.0959. The summed E-state index contributed by atoms with van der Waals surface area (Å²) in [5, 5.41) is 21.0. The molecule has 0 bridgehead atoms. The van der Waals surface area contributed by atoms with Gasteiger partial charge in [-0.2, -0.15) is 0 Å². The molecule has 0 aromatic heterocycles. The van der Waals surface area contributed by atoms with Gasteiger partial charge in [-0.15, -0.1) is 0 Å². The van der Waals surface area contributed by atoms with E-state index in [1.54, 1.807) is 11.8 Å². The van der Waals surface area contributed by atoms with Crippen LogP contribution < -0.4 is 0 Å². The number of aliphatic hydroxyl groups is 2. The van der Waals surface area contributed by atoms with Crippen molar-refractivity contribution in [2.45, 2.75) is 16.3 Å². The Labute approximate surface area is 152 Å². The molecule has 4 heteroatoms. The third-order valence-corrected chi connectivity index (χ3v) is 5.36. The molecule has 3 aromatic carbocycles. The molecule has 0 radical (unpaired) electrons. The minimum atomic E-state index is 0.0959. The summed E-state index contributed by atoms with van der Waals surface area (Å²) < 4.78 is 0. The Kier molecular flexibility index (Phi) is 6.48. The number of benzene rings is 3. The predicted molar refractivity (Wildman–Crippen MR) is 104 cm³/mol. The van der Waals surface area contributed by atoms with E-state index in [4.69, 9.17) is 0 Å². The smallest absolute Gasteiger partial charge is 0.0558 e. The lowest BCUT2D eigenvalue weighted by Gasteiger charge is -2.21. The van der Waals surface area contributed by atoms with Crippen molar-refractivity contribution in [1.82, 2.24) is 4.90 Å². The van der Waals surface area contributed by atoms with Crippen molar-refractivity contribution in [2.75, 3.05) is 26.3 Å². The zero-order chi connectivity index (χ0) is 17.5. The number of hydrogen-bond donors (Lipinski definition) is 2. The lowest BCUT2D eigenvalue weighted by molar-refractivity contribution is 0.155. The average Bonchev–Trinajstić information content (AvgIpc) is 2.64. The second-order valence-corrected chi connectivity index (χ2v) is 6.99. The maximum atomic E-state index is 9.24. The monoisotopic (exact) mass is 353 g/mol. The summed E-state index contributed by atoms with van der Waals surface area (Å²) in [7, 11) is 0. The van der Waals surface area contributed by atoms with Gasteiger partial charge in [0.05, 0.1) is 13.2 Å². The van der Waals surface area contributed by atoms with Crippen molar-refractivity contribution in [3.63, 3.8) is 0 Å². The quantitative estimate of drug-likeness (QED) is 0.647. The summed E-state index contributed by atoms with van der Waals surface area (Å²) in [5.41, 5.74) is 1.21. The van der Waals surface area contributed by atoms with Gasteiger partial charge in [-0.3, -0.25) is 4.90 Å². The molecule has 0 heterocycles. The molecule has 0 aliphatic rings. The van der Waals surface area contributed by atoms with Crippen LogP contribution in [0.2, 0.25) is 0 Å². The van der Waals surface area contributed by atoms with E-state index in [1.807, 2.05) is 6.07 Å². The Balaban J connectivity index is 1.87. The third-order valence-electron chi connectivity index (χ3n) is 4.17. The summed E-state index contributed by atoms with van der Waals surface area (Å²) in [6.45, 7) is 2.04. The van der Waals surface area contributed by atoms with E-state index in [1.165, 1.54) is 26.1 Å².